The number of carbonyl (C=O) groups is 1. The first-order chi connectivity index (χ1) is 10.3. The van der Waals surface area contributed by atoms with Crippen LogP contribution >= 0.6 is 23.1 Å². The largest absolute Gasteiger partial charge is 0.465 e. The molecule has 0 aliphatic rings. The Balaban J connectivity index is 1.84. The summed E-state index contributed by atoms with van der Waals surface area (Å²) in [7, 11) is 1.40. The first-order valence-corrected chi connectivity index (χ1v) is 8.14. The van der Waals surface area contributed by atoms with E-state index in [0.717, 1.165) is 21.4 Å². The fourth-order valence-corrected chi connectivity index (χ4v) is 3.89. The van der Waals surface area contributed by atoms with Gasteiger partial charge in [0.2, 0.25) is 0 Å². The van der Waals surface area contributed by atoms with Gasteiger partial charge in [0.05, 0.1) is 13.3 Å². The summed E-state index contributed by atoms with van der Waals surface area (Å²) in [4.78, 5) is 12.3. The van der Waals surface area contributed by atoms with Gasteiger partial charge >= 0.3 is 5.97 Å². The van der Waals surface area contributed by atoms with Crippen LogP contribution in [0.25, 0.3) is 10.8 Å². The minimum absolute atomic E-state index is 0.287. The molecule has 1 aromatic carbocycles. The van der Waals surface area contributed by atoms with Gasteiger partial charge in [-0.3, -0.25) is 0 Å². The summed E-state index contributed by atoms with van der Waals surface area (Å²) in [6, 6.07) is 9.95. The second-order valence-corrected chi connectivity index (χ2v) is 6.17. The predicted octanol–water partition coefficient (Wildman–Crippen LogP) is 3.77. The zero-order valence-electron chi connectivity index (χ0n) is 11.3. The number of ether oxygens (including phenoxy) is 1. The van der Waals surface area contributed by atoms with Crippen molar-refractivity contribution >= 4 is 39.8 Å². The van der Waals surface area contributed by atoms with Gasteiger partial charge in [0, 0.05) is 16.5 Å². The van der Waals surface area contributed by atoms with E-state index in [4.69, 9.17) is 4.74 Å². The lowest BCUT2D eigenvalue weighted by molar-refractivity contribution is 0.0605. The molecule has 2 heterocycles. The Hall–Kier alpha value is -1.92. The number of methoxy groups -OCH3 is 1. The van der Waals surface area contributed by atoms with Gasteiger partial charge in [-0.05, 0) is 17.0 Å². The molecule has 2 aromatic heterocycles. The van der Waals surface area contributed by atoms with Crippen molar-refractivity contribution in [3.8, 4) is 0 Å². The smallest absolute Gasteiger partial charge is 0.348 e. The molecule has 4 nitrogen and oxygen atoms in total. The number of hydrogen-bond donors (Lipinski definition) is 0. The van der Waals surface area contributed by atoms with Crippen LogP contribution in [0.4, 0.5) is 0 Å². The number of nitrogens with zero attached hydrogens (tertiary/aromatic N) is 2. The van der Waals surface area contributed by atoms with E-state index in [0.29, 0.717) is 10.6 Å². The highest BCUT2D eigenvalue weighted by molar-refractivity contribution is 7.98. The van der Waals surface area contributed by atoms with Gasteiger partial charge in [-0.1, -0.05) is 36.0 Å². The highest BCUT2D eigenvalue weighted by Crippen LogP contribution is 2.30. The summed E-state index contributed by atoms with van der Waals surface area (Å²) in [5, 5.41) is 13.1. The third kappa shape index (κ3) is 2.91. The number of carbonyl (C=O) groups excluding carboxylic acids is 1. The number of thiophene rings is 1. The van der Waals surface area contributed by atoms with Crippen LogP contribution in [0, 0.1) is 0 Å². The molecule has 0 radical (unpaired) electrons. The van der Waals surface area contributed by atoms with Crippen molar-refractivity contribution < 1.29 is 9.53 Å². The Kier molecular flexibility index (Phi) is 4.17. The topological polar surface area (TPSA) is 52.1 Å². The van der Waals surface area contributed by atoms with E-state index in [9.17, 15) is 4.79 Å². The van der Waals surface area contributed by atoms with Gasteiger partial charge in [0.25, 0.3) is 0 Å². The molecule has 0 unspecified atom stereocenters. The highest BCUT2D eigenvalue weighted by Gasteiger charge is 2.14. The molecular formula is C15H12N2O2S2. The molecule has 3 aromatic rings. The van der Waals surface area contributed by atoms with Crippen LogP contribution in [-0.4, -0.2) is 23.3 Å². The summed E-state index contributed by atoms with van der Waals surface area (Å²) < 4.78 is 4.79. The number of rotatable bonds is 4. The van der Waals surface area contributed by atoms with Gasteiger partial charge in [-0.15, -0.1) is 16.4 Å². The number of esters is 1. The summed E-state index contributed by atoms with van der Waals surface area (Å²) >= 11 is 2.97. The van der Waals surface area contributed by atoms with Gasteiger partial charge in [-0.25, -0.2) is 4.79 Å². The Morgan fingerprint density at radius 1 is 1.33 bits per heavy atom. The van der Waals surface area contributed by atoms with E-state index in [1.807, 2.05) is 35.7 Å². The van der Waals surface area contributed by atoms with Crippen molar-refractivity contribution in [2.45, 2.75) is 10.8 Å². The van der Waals surface area contributed by atoms with Crippen LogP contribution in [0.5, 0.6) is 0 Å². The van der Waals surface area contributed by atoms with Crippen LogP contribution in [0.1, 0.15) is 15.2 Å². The SMILES string of the molecule is COC(=O)c1sccc1CSc1nncc2ccccc12. The molecule has 0 aliphatic carbocycles. The standard InChI is InChI=1S/C15H12N2O2S2/c1-19-15(18)13-11(6-7-20-13)9-21-14-12-5-3-2-4-10(12)8-16-17-14/h2-8H,9H2,1H3. The first kappa shape index (κ1) is 14.0. The Labute approximate surface area is 130 Å². The fourth-order valence-electron chi connectivity index (χ4n) is 1.98. The third-order valence-electron chi connectivity index (χ3n) is 3.02. The zero-order chi connectivity index (χ0) is 14.7. The quantitative estimate of drug-likeness (QED) is 0.542. The van der Waals surface area contributed by atoms with E-state index in [1.54, 1.807) is 18.0 Å². The highest BCUT2D eigenvalue weighted by atomic mass is 32.2. The molecule has 0 saturated heterocycles. The fraction of sp³-hybridized carbons (Fsp3) is 0.133. The summed E-state index contributed by atoms with van der Waals surface area (Å²) in [6.45, 7) is 0. The molecule has 0 bridgehead atoms. The summed E-state index contributed by atoms with van der Waals surface area (Å²) in [5.74, 6) is 0.376. The molecule has 0 amide bonds. The maximum Gasteiger partial charge on any atom is 0.348 e. The number of benzene rings is 1. The molecule has 0 spiro atoms. The van der Waals surface area contributed by atoms with Gasteiger partial charge < -0.3 is 4.74 Å². The van der Waals surface area contributed by atoms with Gasteiger partial charge in [0.15, 0.2) is 0 Å². The zero-order valence-corrected chi connectivity index (χ0v) is 12.9. The van der Waals surface area contributed by atoms with Crippen molar-refractivity contribution in [3.05, 3.63) is 52.3 Å². The lowest BCUT2D eigenvalue weighted by Crippen LogP contribution is -2.01. The lowest BCUT2D eigenvalue weighted by Gasteiger charge is -2.04. The van der Waals surface area contributed by atoms with Crippen LogP contribution in [0.2, 0.25) is 0 Å². The average Bonchev–Trinajstić information content (AvgIpc) is 3.00. The second-order valence-electron chi connectivity index (χ2n) is 4.29. The van der Waals surface area contributed by atoms with Crippen molar-refractivity contribution in [2.75, 3.05) is 7.11 Å². The number of aromatic nitrogens is 2. The predicted molar refractivity (Wildman–Crippen MR) is 84.8 cm³/mol. The Morgan fingerprint density at radius 2 is 2.19 bits per heavy atom. The van der Waals surface area contributed by atoms with Crippen molar-refractivity contribution in [1.82, 2.24) is 10.2 Å². The van der Waals surface area contributed by atoms with Crippen molar-refractivity contribution in [1.29, 1.82) is 0 Å². The van der Waals surface area contributed by atoms with E-state index in [-0.39, 0.29) is 5.97 Å². The van der Waals surface area contributed by atoms with E-state index in [2.05, 4.69) is 10.2 Å². The molecular weight excluding hydrogens is 304 g/mol. The van der Waals surface area contributed by atoms with Gasteiger partial charge in [0.1, 0.15) is 9.90 Å². The maximum atomic E-state index is 11.7. The van der Waals surface area contributed by atoms with Crippen molar-refractivity contribution in [3.63, 3.8) is 0 Å². The third-order valence-corrected chi connectivity index (χ3v) is 4.99. The Bertz CT molecular complexity index is 781. The first-order valence-electron chi connectivity index (χ1n) is 6.27. The number of fused-ring (bicyclic) bond motifs is 1. The summed E-state index contributed by atoms with van der Waals surface area (Å²) in [6.07, 6.45) is 1.75. The second kappa shape index (κ2) is 6.24. The van der Waals surface area contributed by atoms with Crippen molar-refractivity contribution in [2.24, 2.45) is 0 Å². The van der Waals surface area contributed by atoms with E-state index < -0.39 is 0 Å². The van der Waals surface area contributed by atoms with Crippen LogP contribution < -0.4 is 0 Å². The number of hydrogen-bond acceptors (Lipinski definition) is 6. The molecule has 0 saturated carbocycles. The minimum Gasteiger partial charge on any atom is -0.465 e. The maximum absolute atomic E-state index is 11.7. The normalized spacial score (nSPS) is 10.7. The molecule has 3 rings (SSSR count). The molecule has 0 aliphatic heterocycles. The monoisotopic (exact) mass is 316 g/mol. The van der Waals surface area contributed by atoms with E-state index >= 15 is 0 Å². The molecule has 0 N–H and O–H groups in total. The van der Waals surface area contributed by atoms with Crippen LogP contribution in [0.3, 0.4) is 0 Å². The van der Waals surface area contributed by atoms with Crippen LogP contribution in [-0.2, 0) is 10.5 Å². The molecule has 0 fully saturated rings. The van der Waals surface area contributed by atoms with E-state index in [1.165, 1.54) is 18.4 Å². The minimum atomic E-state index is -0.287. The van der Waals surface area contributed by atoms with Gasteiger partial charge in [-0.2, -0.15) is 5.10 Å². The lowest BCUT2D eigenvalue weighted by atomic mass is 10.2. The Morgan fingerprint density at radius 3 is 3.05 bits per heavy atom. The molecule has 0 atom stereocenters. The molecule has 21 heavy (non-hydrogen) atoms. The molecule has 106 valence electrons. The molecule has 6 heteroatoms. The summed E-state index contributed by atoms with van der Waals surface area (Å²) in [5.41, 5.74) is 0.964. The number of thioether (sulfide) groups is 1. The average molecular weight is 316 g/mol. The van der Waals surface area contributed by atoms with Crippen LogP contribution in [0.15, 0.2) is 46.9 Å².